The van der Waals surface area contributed by atoms with E-state index in [1.807, 2.05) is 24.3 Å². The molecule has 0 radical (unpaired) electrons. The van der Waals surface area contributed by atoms with Crippen molar-refractivity contribution in [2.24, 2.45) is 11.7 Å². The number of para-hydroxylation sites is 2. The maximum Gasteiger partial charge on any atom is 0.227 e. The number of carbonyl (C=O) groups is 1. The van der Waals surface area contributed by atoms with Gasteiger partial charge in [0.25, 0.3) is 0 Å². The Morgan fingerprint density at radius 1 is 1.42 bits per heavy atom. The molecule has 2 atom stereocenters. The first-order chi connectivity index (χ1) is 9.20. The van der Waals surface area contributed by atoms with Crippen LogP contribution in [-0.2, 0) is 4.79 Å². The first kappa shape index (κ1) is 13.9. The summed E-state index contributed by atoms with van der Waals surface area (Å²) in [7, 11) is 0. The summed E-state index contributed by atoms with van der Waals surface area (Å²) in [5.41, 5.74) is 6.60. The highest BCUT2D eigenvalue weighted by Crippen LogP contribution is 2.28. The summed E-state index contributed by atoms with van der Waals surface area (Å²) >= 11 is 0. The quantitative estimate of drug-likeness (QED) is 0.857. The van der Waals surface area contributed by atoms with Crippen molar-refractivity contribution in [1.82, 2.24) is 0 Å². The number of nitrogens with one attached hydrogen (secondary N) is 1. The Morgan fingerprint density at radius 2 is 2.21 bits per heavy atom. The SMILES string of the molecule is CCCOc1ccccc1NC(=O)C1CCC(N)C1. The Kier molecular flexibility index (Phi) is 4.80. The van der Waals surface area contributed by atoms with Crippen molar-refractivity contribution in [3.8, 4) is 5.75 Å². The highest BCUT2D eigenvalue weighted by atomic mass is 16.5. The predicted octanol–water partition coefficient (Wildman–Crippen LogP) is 2.54. The van der Waals surface area contributed by atoms with Crippen molar-refractivity contribution in [1.29, 1.82) is 0 Å². The molecule has 0 bridgehead atoms. The van der Waals surface area contributed by atoms with Gasteiger partial charge in [0, 0.05) is 12.0 Å². The van der Waals surface area contributed by atoms with Crippen LogP contribution in [0.2, 0.25) is 0 Å². The van der Waals surface area contributed by atoms with Gasteiger partial charge in [-0.25, -0.2) is 0 Å². The lowest BCUT2D eigenvalue weighted by Crippen LogP contribution is -2.23. The topological polar surface area (TPSA) is 64.3 Å². The number of nitrogens with two attached hydrogens (primary N) is 1. The zero-order chi connectivity index (χ0) is 13.7. The smallest absolute Gasteiger partial charge is 0.227 e. The molecule has 2 unspecified atom stereocenters. The fraction of sp³-hybridized carbons (Fsp3) is 0.533. The number of anilines is 1. The molecule has 4 nitrogen and oxygen atoms in total. The van der Waals surface area contributed by atoms with E-state index in [0.29, 0.717) is 6.61 Å². The van der Waals surface area contributed by atoms with Crippen molar-refractivity contribution in [2.75, 3.05) is 11.9 Å². The lowest BCUT2D eigenvalue weighted by atomic mass is 10.1. The molecule has 3 N–H and O–H groups in total. The van der Waals surface area contributed by atoms with Crippen LogP contribution < -0.4 is 15.8 Å². The number of hydrogen-bond acceptors (Lipinski definition) is 3. The monoisotopic (exact) mass is 262 g/mol. The number of ether oxygens (including phenoxy) is 1. The van der Waals surface area contributed by atoms with E-state index in [9.17, 15) is 4.79 Å². The Hall–Kier alpha value is -1.55. The van der Waals surface area contributed by atoms with Gasteiger partial charge < -0.3 is 15.8 Å². The second kappa shape index (κ2) is 6.57. The van der Waals surface area contributed by atoms with E-state index >= 15 is 0 Å². The van der Waals surface area contributed by atoms with E-state index in [1.165, 1.54) is 0 Å². The molecule has 19 heavy (non-hydrogen) atoms. The minimum Gasteiger partial charge on any atom is -0.491 e. The van der Waals surface area contributed by atoms with Gasteiger partial charge in [0.15, 0.2) is 0 Å². The lowest BCUT2D eigenvalue weighted by molar-refractivity contribution is -0.119. The molecule has 0 aromatic heterocycles. The van der Waals surface area contributed by atoms with Crippen LogP contribution in [0.3, 0.4) is 0 Å². The zero-order valence-corrected chi connectivity index (χ0v) is 11.4. The molecule has 104 valence electrons. The van der Waals surface area contributed by atoms with Crippen LogP contribution in [0.4, 0.5) is 5.69 Å². The number of benzene rings is 1. The molecule has 1 fully saturated rings. The van der Waals surface area contributed by atoms with Crippen LogP contribution in [0.1, 0.15) is 32.6 Å². The largest absolute Gasteiger partial charge is 0.491 e. The lowest BCUT2D eigenvalue weighted by Gasteiger charge is -2.14. The third-order valence-electron chi connectivity index (χ3n) is 3.45. The summed E-state index contributed by atoms with van der Waals surface area (Å²) in [5, 5.41) is 2.96. The van der Waals surface area contributed by atoms with Gasteiger partial charge in [-0.15, -0.1) is 0 Å². The fourth-order valence-corrected chi connectivity index (χ4v) is 2.40. The average Bonchev–Trinajstić information content (AvgIpc) is 2.84. The summed E-state index contributed by atoms with van der Waals surface area (Å²) in [4.78, 5) is 12.2. The predicted molar refractivity (Wildman–Crippen MR) is 76.2 cm³/mol. The Labute approximate surface area is 114 Å². The molecule has 1 aliphatic carbocycles. The van der Waals surface area contributed by atoms with E-state index < -0.39 is 0 Å². The minimum atomic E-state index is 0.0363. The summed E-state index contributed by atoms with van der Waals surface area (Å²) in [6, 6.07) is 7.73. The molecule has 0 aliphatic heterocycles. The summed E-state index contributed by atoms with van der Waals surface area (Å²) < 4.78 is 5.63. The molecule has 0 spiro atoms. The van der Waals surface area contributed by atoms with Crippen LogP contribution in [-0.4, -0.2) is 18.6 Å². The number of carbonyl (C=O) groups excluding carboxylic acids is 1. The van der Waals surface area contributed by atoms with Gasteiger partial charge in [0.05, 0.1) is 12.3 Å². The molecule has 1 aromatic carbocycles. The second-order valence-corrected chi connectivity index (χ2v) is 5.10. The third kappa shape index (κ3) is 3.70. The first-order valence-corrected chi connectivity index (χ1v) is 6.99. The molecule has 0 heterocycles. The fourth-order valence-electron chi connectivity index (χ4n) is 2.40. The van der Waals surface area contributed by atoms with Crippen LogP contribution in [0.5, 0.6) is 5.75 Å². The zero-order valence-electron chi connectivity index (χ0n) is 11.4. The molecular weight excluding hydrogens is 240 g/mol. The Morgan fingerprint density at radius 3 is 2.89 bits per heavy atom. The molecular formula is C15H22N2O2. The van der Waals surface area contributed by atoms with Crippen molar-refractivity contribution < 1.29 is 9.53 Å². The highest BCUT2D eigenvalue weighted by Gasteiger charge is 2.28. The number of hydrogen-bond donors (Lipinski definition) is 2. The van der Waals surface area contributed by atoms with Gasteiger partial charge in [0.1, 0.15) is 5.75 Å². The van der Waals surface area contributed by atoms with Crippen LogP contribution in [0, 0.1) is 5.92 Å². The van der Waals surface area contributed by atoms with E-state index in [1.54, 1.807) is 0 Å². The molecule has 1 aromatic rings. The normalized spacial score (nSPS) is 22.2. The van der Waals surface area contributed by atoms with Crippen LogP contribution in [0.25, 0.3) is 0 Å². The Balaban J connectivity index is 2.00. The standard InChI is InChI=1S/C15H22N2O2/c1-2-9-19-14-6-4-3-5-13(14)17-15(18)11-7-8-12(16)10-11/h3-6,11-12H,2,7-10,16H2,1H3,(H,17,18). The van der Waals surface area contributed by atoms with Crippen LogP contribution in [0.15, 0.2) is 24.3 Å². The van der Waals surface area contributed by atoms with Crippen LogP contribution >= 0.6 is 0 Å². The maximum atomic E-state index is 12.2. The molecule has 1 saturated carbocycles. The van der Waals surface area contributed by atoms with Crippen molar-refractivity contribution in [3.63, 3.8) is 0 Å². The number of rotatable bonds is 5. The summed E-state index contributed by atoms with van der Waals surface area (Å²) in [5.74, 6) is 0.828. The minimum absolute atomic E-state index is 0.0363. The van der Waals surface area contributed by atoms with Crippen molar-refractivity contribution >= 4 is 11.6 Å². The van der Waals surface area contributed by atoms with Gasteiger partial charge in [0.2, 0.25) is 5.91 Å². The van der Waals surface area contributed by atoms with Gasteiger partial charge >= 0.3 is 0 Å². The molecule has 2 rings (SSSR count). The van der Waals surface area contributed by atoms with Gasteiger partial charge in [-0.1, -0.05) is 19.1 Å². The molecule has 1 aliphatic rings. The maximum absolute atomic E-state index is 12.2. The van der Waals surface area contributed by atoms with E-state index in [4.69, 9.17) is 10.5 Å². The first-order valence-electron chi connectivity index (χ1n) is 6.99. The van der Waals surface area contributed by atoms with E-state index in [-0.39, 0.29) is 17.9 Å². The highest BCUT2D eigenvalue weighted by molar-refractivity contribution is 5.94. The molecule has 1 amide bonds. The third-order valence-corrected chi connectivity index (χ3v) is 3.45. The van der Waals surface area contributed by atoms with Gasteiger partial charge in [-0.3, -0.25) is 4.79 Å². The second-order valence-electron chi connectivity index (χ2n) is 5.10. The summed E-state index contributed by atoms with van der Waals surface area (Å²) in [6.45, 7) is 2.71. The molecule has 4 heteroatoms. The van der Waals surface area contributed by atoms with E-state index in [0.717, 1.165) is 37.1 Å². The Bertz CT molecular complexity index is 434. The van der Waals surface area contributed by atoms with Crippen molar-refractivity contribution in [2.45, 2.75) is 38.6 Å². The molecule has 0 saturated heterocycles. The van der Waals surface area contributed by atoms with Crippen molar-refractivity contribution in [3.05, 3.63) is 24.3 Å². The van der Waals surface area contributed by atoms with Gasteiger partial charge in [-0.05, 0) is 37.8 Å². The van der Waals surface area contributed by atoms with Gasteiger partial charge in [-0.2, -0.15) is 0 Å². The summed E-state index contributed by atoms with van der Waals surface area (Å²) in [6.07, 6.45) is 3.54. The van der Waals surface area contributed by atoms with E-state index in [2.05, 4.69) is 12.2 Å². The number of amides is 1. The average molecular weight is 262 g/mol.